The van der Waals surface area contributed by atoms with Crippen LogP contribution in [0, 0.1) is 32.1 Å². The number of furan rings is 1. The second kappa shape index (κ2) is 9.76. The minimum absolute atomic E-state index is 0.0178. The summed E-state index contributed by atoms with van der Waals surface area (Å²) in [6.07, 6.45) is 1.57. The Morgan fingerprint density at radius 3 is 2.48 bits per heavy atom. The van der Waals surface area contributed by atoms with Crippen LogP contribution in [0.5, 0.6) is 5.75 Å². The Kier molecular flexibility index (Phi) is 6.62. The summed E-state index contributed by atoms with van der Waals surface area (Å²) < 4.78 is 11.1. The molecular formula is C27H22N2O3S. The lowest BCUT2D eigenvalue weighted by atomic mass is 10.0. The van der Waals surface area contributed by atoms with Gasteiger partial charge in [-0.25, -0.2) is 4.98 Å². The average molecular weight is 455 g/mol. The highest BCUT2D eigenvalue weighted by atomic mass is 32.2. The molecule has 0 aliphatic heterocycles. The number of aryl methyl sites for hydroxylation is 3. The van der Waals surface area contributed by atoms with Crippen molar-refractivity contribution in [1.29, 1.82) is 5.26 Å². The van der Waals surface area contributed by atoms with Crippen LogP contribution in [-0.4, -0.2) is 16.7 Å². The first-order chi connectivity index (χ1) is 15.9. The molecule has 0 bridgehead atoms. The minimum Gasteiger partial charge on any atom is -0.464 e. The third-order valence-corrected chi connectivity index (χ3v) is 6.06. The zero-order valence-corrected chi connectivity index (χ0v) is 19.4. The number of hydrogen-bond acceptors (Lipinski definition) is 6. The maximum Gasteiger partial charge on any atom is 0.321 e. The first kappa shape index (κ1) is 22.4. The molecule has 0 aliphatic rings. The predicted molar refractivity (Wildman–Crippen MR) is 129 cm³/mol. The molecule has 33 heavy (non-hydrogen) atoms. The lowest BCUT2D eigenvalue weighted by molar-refractivity contribution is -0.131. The third kappa shape index (κ3) is 5.16. The van der Waals surface area contributed by atoms with Crippen LogP contribution in [0.15, 0.2) is 76.4 Å². The van der Waals surface area contributed by atoms with E-state index in [1.54, 1.807) is 24.5 Å². The second-order valence-electron chi connectivity index (χ2n) is 7.72. The zero-order valence-electron chi connectivity index (χ0n) is 18.6. The number of nitrogens with zero attached hydrogens (tertiary/aromatic N) is 2. The summed E-state index contributed by atoms with van der Waals surface area (Å²) in [4.78, 5) is 17.3. The van der Waals surface area contributed by atoms with Gasteiger partial charge in [0, 0.05) is 11.1 Å². The van der Waals surface area contributed by atoms with Crippen LogP contribution in [0.3, 0.4) is 0 Å². The quantitative estimate of drug-likeness (QED) is 0.188. The Labute approximate surface area is 197 Å². The molecule has 0 saturated carbocycles. The molecule has 0 aliphatic carbocycles. The Hall–Kier alpha value is -3.82. The molecule has 6 heteroatoms. The van der Waals surface area contributed by atoms with Gasteiger partial charge in [0.05, 0.1) is 23.3 Å². The van der Waals surface area contributed by atoms with Gasteiger partial charge in [0.25, 0.3) is 0 Å². The summed E-state index contributed by atoms with van der Waals surface area (Å²) in [5.74, 6) is 0.716. The Balaban J connectivity index is 1.65. The number of carbonyl (C=O) groups is 1. The van der Waals surface area contributed by atoms with E-state index in [1.165, 1.54) is 11.8 Å². The van der Waals surface area contributed by atoms with Gasteiger partial charge in [-0.1, -0.05) is 59.3 Å². The highest BCUT2D eigenvalue weighted by molar-refractivity contribution is 7.99. The van der Waals surface area contributed by atoms with Gasteiger partial charge >= 0.3 is 5.97 Å². The van der Waals surface area contributed by atoms with Crippen LogP contribution in [0.1, 0.15) is 22.3 Å². The molecule has 2 heterocycles. The Bertz CT molecular complexity index is 1340. The standard InChI is InChI=1S/C27H22N2O3S/c1-17-6-9-20(10-7-17)23-14-21(25-5-4-12-31-25)22(15-28)27(29-23)33-16-26(30)32-24-11-8-18(2)13-19(24)3/h4-14H,16H2,1-3H3. The number of esters is 1. The van der Waals surface area contributed by atoms with Crippen molar-refractivity contribution < 1.29 is 13.9 Å². The van der Waals surface area contributed by atoms with E-state index in [-0.39, 0.29) is 5.75 Å². The molecule has 0 saturated heterocycles. The third-order valence-electron chi connectivity index (χ3n) is 5.11. The molecule has 0 N–H and O–H groups in total. The van der Waals surface area contributed by atoms with Gasteiger partial charge in [-0.15, -0.1) is 0 Å². The van der Waals surface area contributed by atoms with E-state index in [0.717, 1.165) is 22.3 Å². The van der Waals surface area contributed by atoms with Crippen LogP contribution < -0.4 is 4.74 Å². The normalized spacial score (nSPS) is 10.6. The molecule has 0 amide bonds. The molecule has 0 unspecified atom stereocenters. The molecule has 5 nitrogen and oxygen atoms in total. The van der Waals surface area contributed by atoms with Crippen molar-refractivity contribution in [2.24, 2.45) is 0 Å². The first-order valence-corrected chi connectivity index (χ1v) is 11.4. The highest BCUT2D eigenvalue weighted by Gasteiger charge is 2.19. The van der Waals surface area contributed by atoms with E-state index in [1.807, 2.05) is 63.2 Å². The van der Waals surface area contributed by atoms with Gasteiger partial charge in [0.2, 0.25) is 0 Å². The molecule has 0 spiro atoms. The zero-order chi connectivity index (χ0) is 23.4. The van der Waals surface area contributed by atoms with Crippen LogP contribution >= 0.6 is 11.8 Å². The largest absolute Gasteiger partial charge is 0.464 e. The van der Waals surface area contributed by atoms with Crippen molar-refractivity contribution in [1.82, 2.24) is 4.98 Å². The molecule has 2 aromatic heterocycles. The van der Waals surface area contributed by atoms with E-state index in [2.05, 4.69) is 6.07 Å². The summed E-state index contributed by atoms with van der Waals surface area (Å²) in [6, 6.07) is 21.3. The van der Waals surface area contributed by atoms with Crippen LogP contribution in [0.25, 0.3) is 22.6 Å². The maximum atomic E-state index is 12.6. The first-order valence-electron chi connectivity index (χ1n) is 10.4. The van der Waals surface area contributed by atoms with Crippen LogP contribution in [0.2, 0.25) is 0 Å². The average Bonchev–Trinajstić information content (AvgIpc) is 3.34. The fraction of sp³-hybridized carbons (Fsp3) is 0.148. The van der Waals surface area contributed by atoms with E-state index in [4.69, 9.17) is 14.1 Å². The number of rotatable bonds is 6. The SMILES string of the molecule is Cc1ccc(-c2cc(-c3ccco3)c(C#N)c(SCC(=O)Oc3ccc(C)cc3C)n2)cc1. The summed E-state index contributed by atoms with van der Waals surface area (Å²) in [7, 11) is 0. The molecule has 4 rings (SSSR count). The van der Waals surface area contributed by atoms with Gasteiger partial charge in [-0.3, -0.25) is 4.79 Å². The number of pyridine rings is 1. The van der Waals surface area contributed by atoms with Crippen LogP contribution in [0.4, 0.5) is 0 Å². The number of thioether (sulfide) groups is 1. The fourth-order valence-electron chi connectivity index (χ4n) is 3.43. The molecule has 0 atom stereocenters. The maximum absolute atomic E-state index is 12.6. The molecule has 164 valence electrons. The number of aromatic nitrogens is 1. The summed E-state index contributed by atoms with van der Waals surface area (Å²) in [5.41, 5.74) is 5.75. The van der Waals surface area contributed by atoms with E-state index in [0.29, 0.717) is 33.4 Å². The molecular weight excluding hydrogens is 432 g/mol. The van der Waals surface area contributed by atoms with E-state index < -0.39 is 5.97 Å². The minimum atomic E-state index is -0.405. The second-order valence-corrected chi connectivity index (χ2v) is 8.69. The smallest absolute Gasteiger partial charge is 0.321 e. The monoisotopic (exact) mass is 454 g/mol. The van der Waals surface area contributed by atoms with E-state index in [9.17, 15) is 10.1 Å². The Morgan fingerprint density at radius 1 is 1.06 bits per heavy atom. The highest BCUT2D eigenvalue weighted by Crippen LogP contribution is 2.34. The molecule has 0 fully saturated rings. The van der Waals surface area contributed by atoms with Gasteiger partial charge in [-0.05, 0) is 50.6 Å². The van der Waals surface area contributed by atoms with Gasteiger partial charge in [0.1, 0.15) is 22.6 Å². The summed E-state index contributed by atoms with van der Waals surface area (Å²) >= 11 is 1.18. The fourth-order valence-corrected chi connectivity index (χ4v) is 4.20. The Morgan fingerprint density at radius 2 is 1.82 bits per heavy atom. The van der Waals surface area contributed by atoms with Crippen molar-refractivity contribution in [2.45, 2.75) is 25.8 Å². The molecule has 2 aromatic carbocycles. The number of benzene rings is 2. The van der Waals surface area contributed by atoms with Crippen LogP contribution in [-0.2, 0) is 4.79 Å². The lowest BCUT2D eigenvalue weighted by Gasteiger charge is -2.12. The number of carbonyl (C=O) groups excluding carboxylic acids is 1. The molecule has 4 aromatic rings. The van der Waals surface area contributed by atoms with Crippen molar-refractivity contribution in [3.05, 3.63) is 89.2 Å². The van der Waals surface area contributed by atoms with E-state index >= 15 is 0 Å². The predicted octanol–water partition coefficient (Wildman–Crippen LogP) is 6.50. The van der Waals surface area contributed by atoms with Gasteiger partial charge in [0.15, 0.2) is 0 Å². The topological polar surface area (TPSA) is 76.1 Å². The van der Waals surface area contributed by atoms with Crippen molar-refractivity contribution in [2.75, 3.05) is 5.75 Å². The van der Waals surface area contributed by atoms with Crippen molar-refractivity contribution in [3.63, 3.8) is 0 Å². The number of ether oxygens (including phenoxy) is 1. The van der Waals surface area contributed by atoms with Crippen molar-refractivity contribution >= 4 is 17.7 Å². The van der Waals surface area contributed by atoms with Gasteiger partial charge < -0.3 is 9.15 Å². The van der Waals surface area contributed by atoms with Crippen molar-refractivity contribution in [3.8, 4) is 34.4 Å². The molecule has 0 radical (unpaired) electrons. The lowest BCUT2D eigenvalue weighted by Crippen LogP contribution is -2.12. The summed E-state index contributed by atoms with van der Waals surface area (Å²) in [6.45, 7) is 5.91. The number of nitriles is 1. The van der Waals surface area contributed by atoms with Gasteiger partial charge in [-0.2, -0.15) is 5.26 Å². The summed E-state index contributed by atoms with van der Waals surface area (Å²) in [5, 5.41) is 10.4. The number of hydrogen-bond donors (Lipinski definition) is 0.